The fourth-order valence-electron chi connectivity index (χ4n) is 1.75. The lowest BCUT2D eigenvalue weighted by Crippen LogP contribution is -2.21. The van der Waals surface area contributed by atoms with Crippen LogP contribution in [0.15, 0.2) is 18.2 Å². The number of para-hydroxylation sites is 1. The zero-order valence-electron chi connectivity index (χ0n) is 10.2. The molecule has 1 N–H and O–H groups in total. The van der Waals surface area contributed by atoms with Crippen LogP contribution in [-0.4, -0.2) is 18.8 Å². The number of alkyl halides is 3. The molecule has 5 heteroatoms. The predicted octanol–water partition coefficient (Wildman–Crippen LogP) is 3.19. The molecule has 0 bridgehead atoms. The minimum atomic E-state index is -4.30. The molecule has 0 unspecified atom stereocenters. The van der Waals surface area contributed by atoms with Crippen LogP contribution in [0, 0.1) is 6.92 Å². The summed E-state index contributed by atoms with van der Waals surface area (Å²) in [6.07, 6.45) is -2.02. The van der Waals surface area contributed by atoms with Gasteiger partial charge in [0.15, 0.2) is 6.61 Å². The van der Waals surface area contributed by atoms with Crippen LogP contribution in [0.4, 0.5) is 13.2 Å². The van der Waals surface area contributed by atoms with Crippen molar-refractivity contribution < 1.29 is 17.9 Å². The van der Waals surface area contributed by atoms with E-state index >= 15 is 0 Å². The van der Waals surface area contributed by atoms with Gasteiger partial charge in [0.2, 0.25) is 0 Å². The van der Waals surface area contributed by atoms with Crippen LogP contribution in [0.3, 0.4) is 0 Å². The zero-order chi connectivity index (χ0) is 13.2. The molecule has 0 aromatic heterocycles. The molecular weight excluding hydrogens is 243 g/mol. The second-order valence-electron chi connectivity index (χ2n) is 4.62. The summed E-state index contributed by atoms with van der Waals surface area (Å²) in [6.45, 7) is 1.07. The largest absolute Gasteiger partial charge is 0.484 e. The first-order valence-corrected chi connectivity index (χ1v) is 5.97. The number of aryl methyl sites for hydroxylation is 1. The Bertz CT molecular complexity index is 413. The predicted molar refractivity (Wildman–Crippen MR) is 62.6 cm³/mol. The number of benzene rings is 1. The number of nitrogens with one attached hydrogen (secondary N) is 1. The van der Waals surface area contributed by atoms with E-state index < -0.39 is 12.8 Å². The molecule has 18 heavy (non-hydrogen) atoms. The molecule has 0 saturated heterocycles. The van der Waals surface area contributed by atoms with E-state index in [-0.39, 0.29) is 0 Å². The summed E-state index contributed by atoms with van der Waals surface area (Å²) < 4.78 is 41.5. The van der Waals surface area contributed by atoms with Crippen LogP contribution in [0.5, 0.6) is 5.75 Å². The van der Waals surface area contributed by atoms with Gasteiger partial charge >= 0.3 is 6.18 Å². The maximum absolute atomic E-state index is 12.2. The summed E-state index contributed by atoms with van der Waals surface area (Å²) in [5.41, 5.74) is 1.51. The van der Waals surface area contributed by atoms with Gasteiger partial charge in [-0.15, -0.1) is 0 Å². The lowest BCUT2D eigenvalue weighted by molar-refractivity contribution is -0.153. The van der Waals surface area contributed by atoms with E-state index in [0.717, 1.165) is 24.0 Å². The second-order valence-corrected chi connectivity index (χ2v) is 4.62. The van der Waals surface area contributed by atoms with E-state index in [1.165, 1.54) is 0 Å². The third kappa shape index (κ3) is 3.91. The van der Waals surface area contributed by atoms with Crippen molar-refractivity contribution in [3.63, 3.8) is 0 Å². The Labute approximate surface area is 104 Å². The summed E-state index contributed by atoms with van der Waals surface area (Å²) in [5.74, 6) is 0.350. The summed E-state index contributed by atoms with van der Waals surface area (Å²) in [4.78, 5) is 0. The van der Waals surface area contributed by atoms with Crippen molar-refractivity contribution >= 4 is 0 Å². The molecule has 0 radical (unpaired) electrons. The molecule has 1 aliphatic carbocycles. The van der Waals surface area contributed by atoms with Crippen molar-refractivity contribution in [1.29, 1.82) is 0 Å². The molecule has 1 fully saturated rings. The quantitative estimate of drug-likeness (QED) is 0.876. The summed E-state index contributed by atoms with van der Waals surface area (Å²) in [7, 11) is 0. The van der Waals surface area contributed by atoms with Gasteiger partial charge < -0.3 is 10.1 Å². The molecule has 0 atom stereocenters. The average Bonchev–Trinajstić information content (AvgIpc) is 3.07. The van der Waals surface area contributed by atoms with E-state index in [1.807, 2.05) is 6.07 Å². The lowest BCUT2D eigenvalue weighted by atomic mass is 10.1. The van der Waals surface area contributed by atoms with Crippen molar-refractivity contribution in [2.75, 3.05) is 6.61 Å². The highest BCUT2D eigenvalue weighted by Gasteiger charge is 2.29. The molecule has 0 spiro atoms. The Kier molecular flexibility index (Phi) is 3.80. The van der Waals surface area contributed by atoms with Gasteiger partial charge in [-0.1, -0.05) is 18.2 Å². The van der Waals surface area contributed by atoms with Gasteiger partial charge in [0.1, 0.15) is 5.75 Å². The van der Waals surface area contributed by atoms with Gasteiger partial charge in [0, 0.05) is 18.2 Å². The molecule has 0 aliphatic heterocycles. The van der Waals surface area contributed by atoms with Gasteiger partial charge in [-0.25, -0.2) is 0 Å². The third-order valence-electron chi connectivity index (χ3n) is 2.83. The van der Waals surface area contributed by atoms with Crippen molar-refractivity contribution in [3.05, 3.63) is 29.3 Å². The van der Waals surface area contributed by atoms with Crippen LogP contribution in [-0.2, 0) is 6.54 Å². The Morgan fingerprint density at radius 3 is 2.67 bits per heavy atom. The number of rotatable bonds is 5. The molecule has 0 heterocycles. The Balaban J connectivity index is 2.04. The average molecular weight is 259 g/mol. The summed E-state index contributed by atoms with van der Waals surface area (Å²) >= 11 is 0. The standard InChI is InChI=1S/C13H16F3NO/c1-9-3-2-4-10(7-17-11-5-6-11)12(9)18-8-13(14,15)16/h2-4,11,17H,5-8H2,1H3. The van der Waals surface area contributed by atoms with Crippen molar-refractivity contribution in [3.8, 4) is 5.75 Å². The van der Waals surface area contributed by atoms with Crippen LogP contribution in [0.25, 0.3) is 0 Å². The van der Waals surface area contributed by atoms with E-state index in [1.54, 1.807) is 19.1 Å². The minimum absolute atomic E-state index is 0.350. The Hall–Kier alpha value is -1.23. The van der Waals surface area contributed by atoms with Gasteiger partial charge in [-0.3, -0.25) is 0 Å². The monoisotopic (exact) mass is 259 g/mol. The summed E-state index contributed by atoms with van der Waals surface area (Å²) in [6, 6.07) is 5.90. The highest BCUT2D eigenvalue weighted by Crippen LogP contribution is 2.27. The first kappa shape index (κ1) is 13.2. The molecule has 1 aromatic rings. The van der Waals surface area contributed by atoms with E-state index in [2.05, 4.69) is 5.32 Å². The van der Waals surface area contributed by atoms with E-state index in [4.69, 9.17) is 4.74 Å². The van der Waals surface area contributed by atoms with Crippen LogP contribution >= 0.6 is 0 Å². The first-order chi connectivity index (χ1) is 8.46. The van der Waals surface area contributed by atoms with E-state index in [0.29, 0.717) is 18.3 Å². The van der Waals surface area contributed by atoms with Gasteiger partial charge in [-0.05, 0) is 25.3 Å². The van der Waals surface area contributed by atoms with Crippen molar-refractivity contribution in [2.45, 2.75) is 38.5 Å². The SMILES string of the molecule is Cc1cccc(CNC2CC2)c1OCC(F)(F)F. The summed E-state index contributed by atoms with van der Waals surface area (Å²) in [5, 5.41) is 3.28. The maximum atomic E-state index is 12.2. The fraction of sp³-hybridized carbons (Fsp3) is 0.538. The van der Waals surface area contributed by atoms with Crippen LogP contribution in [0.1, 0.15) is 24.0 Å². The van der Waals surface area contributed by atoms with Crippen molar-refractivity contribution in [1.82, 2.24) is 5.32 Å². The third-order valence-corrected chi connectivity index (χ3v) is 2.83. The van der Waals surface area contributed by atoms with Crippen LogP contribution < -0.4 is 10.1 Å². The topological polar surface area (TPSA) is 21.3 Å². The van der Waals surface area contributed by atoms with Gasteiger partial charge in [-0.2, -0.15) is 13.2 Å². The normalized spacial score (nSPS) is 15.8. The Morgan fingerprint density at radius 2 is 2.06 bits per heavy atom. The molecule has 1 aromatic carbocycles. The van der Waals surface area contributed by atoms with Gasteiger partial charge in [0.25, 0.3) is 0 Å². The van der Waals surface area contributed by atoms with Crippen molar-refractivity contribution in [2.24, 2.45) is 0 Å². The highest BCUT2D eigenvalue weighted by molar-refractivity contribution is 5.40. The number of halogens is 3. The molecular formula is C13H16F3NO. The zero-order valence-corrected chi connectivity index (χ0v) is 10.2. The molecule has 100 valence electrons. The van der Waals surface area contributed by atoms with E-state index in [9.17, 15) is 13.2 Å². The number of hydrogen-bond acceptors (Lipinski definition) is 2. The molecule has 0 amide bonds. The number of ether oxygens (including phenoxy) is 1. The molecule has 2 nitrogen and oxygen atoms in total. The first-order valence-electron chi connectivity index (χ1n) is 5.97. The lowest BCUT2D eigenvalue weighted by Gasteiger charge is -2.15. The Morgan fingerprint density at radius 1 is 1.33 bits per heavy atom. The number of hydrogen-bond donors (Lipinski definition) is 1. The minimum Gasteiger partial charge on any atom is -0.484 e. The second kappa shape index (κ2) is 5.18. The fourth-order valence-corrected chi connectivity index (χ4v) is 1.75. The highest BCUT2D eigenvalue weighted by atomic mass is 19.4. The molecule has 1 saturated carbocycles. The smallest absolute Gasteiger partial charge is 0.422 e. The van der Waals surface area contributed by atoms with Crippen LogP contribution in [0.2, 0.25) is 0 Å². The maximum Gasteiger partial charge on any atom is 0.422 e. The molecule has 2 rings (SSSR count). The van der Waals surface area contributed by atoms with Gasteiger partial charge in [0.05, 0.1) is 0 Å². The molecule has 1 aliphatic rings.